The van der Waals surface area contributed by atoms with Gasteiger partial charge in [0.15, 0.2) is 0 Å². The molecule has 1 saturated heterocycles. The zero-order valence-corrected chi connectivity index (χ0v) is 17.0. The molecule has 1 aliphatic heterocycles. The van der Waals surface area contributed by atoms with Crippen molar-refractivity contribution in [2.45, 2.75) is 13.0 Å². The van der Waals surface area contributed by atoms with Crippen LogP contribution in [0.3, 0.4) is 0 Å². The van der Waals surface area contributed by atoms with E-state index in [0.29, 0.717) is 42.6 Å². The molecular weight excluding hydrogens is 395 g/mol. The Balaban J connectivity index is 1.44. The first kappa shape index (κ1) is 21.2. The molecule has 0 aromatic heterocycles. The SMILES string of the molecule is CC(C(=O)Nc1ccccc1Cl)N1CCN(CC(=O)Nc2ccc(F)cc2)CC1. The smallest absolute Gasteiger partial charge is 0.241 e. The Morgan fingerprint density at radius 1 is 1.03 bits per heavy atom. The summed E-state index contributed by atoms with van der Waals surface area (Å²) in [6.45, 7) is 4.84. The molecule has 2 aromatic rings. The maximum atomic E-state index is 12.9. The molecule has 1 unspecified atom stereocenters. The van der Waals surface area contributed by atoms with E-state index in [1.54, 1.807) is 12.1 Å². The number of nitrogens with zero attached hydrogens (tertiary/aromatic N) is 2. The van der Waals surface area contributed by atoms with Crippen LogP contribution in [0, 0.1) is 5.82 Å². The molecule has 1 fully saturated rings. The predicted molar refractivity (Wildman–Crippen MR) is 113 cm³/mol. The number of nitrogens with one attached hydrogen (secondary N) is 2. The molecule has 0 saturated carbocycles. The van der Waals surface area contributed by atoms with Gasteiger partial charge in [0.1, 0.15) is 5.82 Å². The average molecular weight is 419 g/mol. The summed E-state index contributed by atoms with van der Waals surface area (Å²) in [5.41, 5.74) is 1.17. The van der Waals surface area contributed by atoms with E-state index in [-0.39, 0.29) is 30.2 Å². The molecule has 6 nitrogen and oxygen atoms in total. The fraction of sp³-hybridized carbons (Fsp3) is 0.333. The van der Waals surface area contributed by atoms with E-state index < -0.39 is 0 Å². The van der Waals surface area contributed by atoms with Gasteiger partial charge in [0.2, 0.25) is 11.8 Å². The molecule has 0 radical (unpaired) electrons. The minimum Gasteiger partial charge on any atom is -0.325 e. The fourth-order valence-electron chi connectivity index (χ4n) is 3.21. The van der Waals surface area contributed by atoms with Gasteiger partial charge in [-0.05, 0) is 43.3 Å². The predicted octanol–water partition coefficient (Wildman–Crippen LogP) is 3.06. The van der Waals surface area contributed by atoms with E-state index in [0.717, 1.165) is 0 Å². The molecule has 3 rings (SSSR count). The molecule has 1 atom stereocenters. The molecule has 154 valence electrons. The van der Waals surface area contributed by atoms with E-state index in [2.05, 4.69) is 15.5 Å². The van der Waals surface area contributed by atoms with Gasteiger partial charge >= 0.3 is 0 Å². The second-order valence-corrected chi connectivity index (χ2v) is 7.42. The second-order valence-electron chi connectivity index (χ2n) is 7.01. The zero-order chi connectivity index (χ0) is 20.8. The van der Waals surface area contributed by atoms with Gasteiger partial charge in [-0.1, -0.05) is 23.7 Å². The van der Waals surface area contributed by atoms with Crippen LogP contribution in [0.15, 0.2) is 48.5 Å². The number of hydrogen-bond donors (Lipinski definition) is 2. The van der Waals surface area contributed by atoms with Gasteiger partial charge in [-0.25, -0.2) is 4.39 Å². The quantitative estimate of drug-likeness (QED) is 0.756. The molecule has 0 aliphatic carbocycles. The molecule has 0 bridgehead atoms. The highest BCUT2D eigenvalue weighted by atomic mass is 35.5. The summed E-state index contributed by atoms with van der Waals surface area (Å²) in [7, 11) is 0. The van der Waals surface area contributed by atoms with Crippen LogP contribution >= 0.6 is 11.6 Å². The Hall–Kier alpha value is -2.48. The van der Waals surface area contributed by atoms with Gasteiger partial charge in [-0.15, -0.1) is 0 Å². The van der Waals surface area contributed by atoms with Crippen LogP contribution in [0.4, 0.5) is 15.8 Å². The van der Waals surface area contributed by atoms with Crippen molar-refractivity contribution in [3.8, 4) is 0 Å². The monoisotopic (exact) mass is 418 g/mol. The highest BCUT2D eigenvalue weighted by Crippen LogP contribution is 2.21. The molecule has 8 heteroatoms. The Morgan fingerprint density at radius 3 is 2.34 bits per heavy atom. The Labute approximate surface area is 174 Å². The number of anilines is 2. The van der Waals surface area contributed by atoms with Crippen molar-refractivity contribution in [2.24, 2.45) is 0 Å². The molecule has 1 heterocycles. The van der Waals surface area contributed by atoms with E-state index in [1.165, 1.54) is 24.3 Å². The third-order valence-electron chi connectivity index (χ3n) is 4.96. The highest BCUT2D eigenvalue weighted by molar-refractivity contribution is 6.33. The van der Waals surface area contributed by atoms with Crippen LogP contribution in [0.5, 0.6) is 0 Å². The van der Waals surface area contributed by atoms with Crippen LogP contribution in [0.1, 0.15) is 6.92 Å². The normalized spacial score (nSPS) is 16.2. The Kier molecular flexibility index (Phi) is 7.19. The van der Waals surface area contributed by atoms with E-state index >= 15 is 0 Å². The average Bonchev–Trinajstić information content (AvgIpc) is 2.71. The lowest BCUT2D eigenvalue weighted by Crippen LogP contribution is -2.53. The fourth-order valence-corrected chi connectivity index (χ4v) is 3.39. The summed E-state index contributed by atoms with van der Waals surface area (Å²) >= 11 is 6.10. The van der Waals surface area contributed by atoms with Gasteiger partial charge < -0.3 is 10.6 Å². The number of amides is 2. The largest absolute Gasteiger partial charge is 0.325 e. The lowest BCUT2D eigenvalue weighted by Gasteiger charge is -2.37. The zero-order valence-electron chi connectivity index (χ0n) is 16.2. The van der Waals surface area contributed by atoms with Crippen molar-refractivity contribution >= 4 is 34.8 Å². The van der Waals surface area contributed by atoms with Crippen LogP contribution < -0.4 is 10.6 Å². The van der Waals surface area contributed by atoms with Crippen molar-refractivity contribution in [3.63, 3.8) is 0 Å². The van der Waals surface area contributed by atoms with Crippen LogP contribution in [0.2, 0.25) is 5.02 Å². The van der Waals surface area contributed by atoms with Crippen molar-refractivity contribution in [3.05, 3.63) is 59.4 Å². The highest BCUT2D eigenvalue weighted by Gasteiger charge is 2.26. The summed E-state index contributed by atoms with van der Waals surface area (Å²) in [6.07, 6.45) is 0. The first-order chi connectivity index (χ1) is 13.9. The standard InChI is InChI=1S/C21H24ClFN4O2/c1-15(21(29)25-19-5-3-2-4-18(19)22)27-12-10-26(11-13-27)14-20(28)24-17-8-6-16(23)7-9-17/h2-9,15H,10-14H2,1H3,(H,24,28)(H,25,29). The first-order valence-electron chi connectivity index (χ1n) is 9.49. The summed E-state index contributed by atoms with van der Waals surface area (Å²) in [5, 5.41) is 6.13. The molecule has 1 aliphatic rings. The first-order valence-corrected chi connectivity index (χ1v) is 9.87. The van der Waals surface area contributed by atoms with Gasteiger partial charge in [0, 0.05) is 31.9 Å². The van der Waals surface area contributed by atoms with E-state index in [9.17, 15) is 14.0 Å². The number of rotatable bonds is 6. The summed E-state index contributed by atoms with van der Waals surface area (Å²) in [4.78, 5) is 28.8. The van der Waals surface area contributed by atoms with Crippen molar-refractivity contribution < 1.29 is 14.0 Å². The van der Waals surface area contributed by atoms with Gasteiger partial charge in [0.25, 0.3) is 0 Å². The van der Waals surface area contributed by atoms with Crippen LogP contribution in [-0.2, 0) is 9.59 Å². The van der Waals surface area contributed by atoms with Crippen LogP contribution in [0.25, 0.3) is 0 Å². The summed E-state index contributed by atoms with van der Waals surface area (Å²) in [6, 6.07) is 12.5. The molecule has 2 N–H and O–H groups in total. The lowest BCUT2D eigenvalue weighted by atomic mass is 10.2. The molecular formula is C21H24ClFN4O2. The van der Waals surface area contributed by atoms with Gasteiger partial charge in [-0.2, -0.15) is 0 Å². The second kappa shape index (κ2) is 9.82. The molecule has 2 aromatic carbocycles. The number of halogens is 2. The van der Waals surface area contributed by atoms with E-state index in [4.69, 9.17) is 11.6 Å². The number of hydrogen-bond acceptors (Lipinski definition) is 4. The number of para-hydroxylation sites is 1. The molecule has 29 heavy (non-hydrogen) atoms. The van der Waals surface area contributed by atoms with Gasteiger partial charge in [-0.3, -0.25) is 19.4 Å². The molecule has 2 amide bonds. The maximum absolute atomic E-state index is 12.9. The van der Waals surface area contributed by atoms with Gasteiger partial charge in [0.05, 0.1) is 23.3 Å². The van der Waals surface area contributed by atoms with Crippen molar-refractivity contribution in [2.75, 3.05) is 43.4 Å². The number of benzene rings is 2. The van der Waals surface area contributed by atoms with E-state index in [1.807, 2.05) is 24.0 Å². The Bertz CT molecular complexity index is 854. The molecule has 0 spiro atoms. The summed E-state index contributed by atoms with van der Waals surface area (Å²) in [5.74, 6) is -0.595. The topological polar surface area (TPSA) is 64.7 Å². The minimum atomic E-state index is -0.341. The minimum absolute atomic E-state index is 0.111. The lowest BCUT2D eigenvalue weighted by molar-refractivity contribution is -0.122. The maximum Gasteiger partial charge on any atom is 0.241 e. The third kappa shape index (κ3) is 6.00. The van der Waals surface area contributed by atoms with Crippen molar-refractivity contribution in [1.29, 1.82) is 0 Å². The van der Waals surface area contributed by atoms with Crippen LogP contribution in [-0.4, -0.2) is 60.4 Å². The van der Waals surface area contributed by atoms with Crippen molar-refractivity contribution in [1.82, 2.24) is 9.80 Å². The number of carbonyl (C=O) groups excluding carboxylic acids is 2. The Morgan fingerprint density at radius 2 is 1.69 bits per heavy atom. The summed E-state index contributed by atoms with van der Waals surface area (Å²) < 4.78 is 12.9. The third-order valence-corrected chi connectivity index (χ3v) is 5.29. The number of piperazine rings is 1. The number of carbonyl (C=O) groups is 2.